The molecule has 0 aromatic heterocycles. The third-order valence-corrected chi connectivity index (χ3v) is 3.83. The normalized spacial score (nSPS) is 18.1. The van der Waals surface area contributed by atoms with Crippen LogP contribution in [0.25, 0.3) is 0 Å². The Hall–Kier alpha value is -1.59. The number of amides is 2. The number of para-hydroxylation sites is 1. The highest BCUT2D eigenvalue weighted by molar-refractivity contribution is 6.34. The maximum atomic E-state index is 12.4. The zero-order valence-corrected chi connectivity index (χ0v) is 12.8. The lowest BCUT2D eigenvalue weighted by Gasteiger charge is -2.18. The molecule has 1 aromatic carbocycles. The molecule has 2 N–H and O–H groups in total. The van der Waals surface area contributed by atoms with Gasteiger partial charge in [-0.25, -0.2) is 0 Å². The van der Waals surface area contributed by atoms with E-state index in [0.717, 1.165) is 13.0 Å². The van der Waals surface area contributed by atoms with E-state index >= 15 is 0 Å². The van der Waals surface area contributed by atoms with Crippen LogP contribution in [0.3, 0.4) is 0 Å². The van der Waals surface area contributed by atoms with Crippen LogP contribution in [0.15, 0.2) is 24.3 Å². The van der Waals surface area contributed by atoms with Gasteiger partial charge in [-0.05, 0) is 38.6 Å². The number of carbonyl (C=O) groups is 2. The van der Waals surface area contributed by atoms with Crippen LogP contribution in [0.5, 0.6) is 0 Å². The van der Waals surface area contributed by atoms with E-state index in [-0.39, 0.29) is 11.8 Å². The molecule has 1 aliphatic heterocycles. The van der Waals surface area contributed by atoms with Crippen LogP contribution in [-0.2, 0) is 9.59 Å². The fraction of sp³-hybridized carbons (Fsp3) is 0.467. The lowest BCUT2D eigenvalue weighted by Crippen LogP contribution is -2.41. The van der Waals surface area contributed by atoms with E-state index in [1.54, 1.807) is 11.0 Å². The van der Waals surface area contributed by atoms with Gasteiger partial charge < -0.3 is 15.5 Å². The van der Waals surface area contributed by atoms with Crippen molar-refractivity contribution in [2.75, 3.05) is 25.0 Å². The van der Waals surface area contributed by atoms with Crippen molar-refractivity contribution >= 4 is 29.1 Å². The molecule has 0 radical (unpaired) electrons. The predicted molar refractivity (Wildman–Crippen MR) is 83.5 cm³/mol. The van der Waals surface area contributed by atoms with Gasteiger partial charge in [-0.3, -0.25) is 9.59 Å². The summed E-state index contributed by atoms with van der Waals surface area (Å²) in [5.74, 6) is -0.172. The Morgan fingerprint density at radius 3 is 2.90 bits per heavy atom. The van der Waals surface area contributed by atoms with Crippen molar-refractivity contribution in [3.8, 4) is 0 Å². The summed E-state index contributed by atoms with van der Waals surface area (Å²) in [6.45, 7) is 1.36. The molecule has 1 unspecified atom stereocenters. The van der Waals surface area contributed by atoms with Gasteiger partial charge in [0, 0.05) is 13.0 Å². The predicted octanol–water partition coefficient (Wildman–Crippen LogP) is 1.56. The van der Waals surface area contributed by atoms with Crippen LogP contribution >= 0.6 is 11.6 Å². The topological polar surface area (TPSA) is 61.4 Å². The number of rotatable bonds is 6. The van der Waals surface area contributed by atoms with Crippen molar-refractivity contribution in [2.24, 2.45) is 0 Å². The number of anilines is 1. The van der Waals surface area contributed by atoms with Crippen LogP contribution in [0.1, 0.15) is 19.3 Å². The molecule has 6 heteroatoms. The second-order valence-electron chi connectivity index (χ2n) is 5.06. The average Bonchev–Trinajstić information content (AvgIpc) is 2.81. The van der Waals surface area contributed by atoms with E-state index in [1.807, 2.05) is 25.2 Å². The molecule has 1 fully saturated rings. The molecule has 2 rings (SSSR count). The van der Waals surface area contributed by atoms with Crippen LogP contribution in [0.4, 0.5) is 5.69 Å². The number of nitrogens with zero attached hydrogens (tertiary/aromatic N) is 1. The average molecular weight is 310 g/mol. The minimum Gasteiger partial charge on any atom is -0.344 e. The molecule has 1 atom stereocenters. The SMILES string of the molecule is CNCCCC(=O)NC1CCN(c2ccccc2Cl)C1=O. The Labute approximate surface area is 129 Å². The fourth-order valence-electron chi connectivity index (χ4n) is 2.42. The van der Waals surface area contributed by atoms with E-state index in [9.17, 15) is 9.59 Å². The molecule has 5 nitrogen and oxygen atoms in total. The van der Waals surface area contributed by atoms with Gasteiger partial charge in [0.1, 0.15) is 6.04 Å². The first-order chi connectivity index (χ1) is 10.1. The molecule has 1 saturated heterocycles. The van der Waals surface area contributed by atoms with Crippen molar-refractivity contribution in [1.82, 2.24) is 10.6 Å². The highest BCUT2D eigenvalue weighted by Crippen LogP contribution is 2.28. The summed E-state index contributed by atoms with van der Waals surface area (Å²) in [6, 6.07) is 6.81. The summed E-state index contributed by atoms with van der Waals surface area (Å²) in [4.78, 5) is 25.8. The molecule has 0 spiro atoms. The van der Waals surface area contributed by atoms with Crippen LogP contribution in [0.2, 0.25) is 5.02 Å². The van der Waals surface area contributed by atoms with Crippen LogP contribution in [-0.4, -0.2) is 38.0 Å². The summed E-state index contributed by atoms with van der Waals surface area (Å²) >= 11 is 6.12. The molecular formula is C15H20ClN3O2. The summed E-state index contributed by atoms with van der Waals surface area (Å²) in [6.07, 6.45) is 1.80. The maximum Gasteiger partial charge on any atom is 0.249 e. The second kappa shape index (κ2) is 7.43. The molecule has 1 aromatic rings. The molecule has 1 aliphatic rings. The minimum absolute atomic E-state index is 0.0791. The van der Waals surface area contributed by atoms with Crippen molar-refractivity contribution < 1.29 is 9.59 Å². The number of carbonyl (C=O) groups excluding carboxylic acids is 2. The Morgan fingerprint density at radius 1 is 1.43 bits per heavy atom. The van der Waals surface area contributed by atoms with Crippen molar-refractivity contribution in [3.63, 3.8) is 0 Å². The highest BCUT2D eigenvalue weighted by atomic mass is 35.5. The molecule has 21 heavy (non-hydrogen) atoms. The first-order valence-corrected chi connectivity index (χ1v) is 7.51. The quantitative estimate of drug-likeness (QED) is 0.784. The van der Waals surface area contributed by atoms with E-state index in [2.05, 4.69) is 10.6 Å². The van der Waals surface area contributed by atoms with Gasteiger partial charge in [0.15, 0.2) is 0 Å². The van der Waals surface area contributed by atoms with Gasteiger partial charge in [0.05, 0.1) is 10.7 Å². The number of hydrogen-bond donors (Lipinski definition) is 2. The summed E-state index contributed by atoms with van der Waals surface area (Å²) in [5, 5.41) is 6.34. The molecule has 114 valence electrons. The first kappa shape index (κ1) is 15.8. The number of benzene rings is 1. The fourth-order valence-corrected chi connectivity index (χ4v) is 2.65. The summed E-state index contributed by atoms with van der Waals surface area (Å²) in [7, 11) is 1.85. The third-order valence-electron chi connectivity index (χ3n) is 3.51. The Morgan fingerprint density at radius 2 is 2.19 bits per heavy atom. The Kier molecular flexibility index (Phi) is 5.59. The standard InChI is InChI=1S/C15H20ClN3O2/c1-17-9-4-7-14(20)18-12-8-10-19(15(12)21)13-6-3-2-5-11(13)16/h2-3,5-6,12,17H,4,7-10H2,1H3,(H,18,20). The molecule has 1 heterocycles. The molecule has 2 amide bonds. The Bertz CT molecular complexity index is 521. The van der Waals surface area contributed by atoms with Gasteiger partial charge in [0.25, 0.3) is 0 Å². The van der Waals surface area contributed by atoms with Gasteiger partial charge in [-0.2, -0.15) is 0 Å². The lowest BCUT2D eigenvalue weighted by molar-refractivity contribution is -0.126. The lowest BCUT2D eigenvalue weighted by atomic mass is 10.2. The van der Waals surface area contributed by atoms with E-state index in [0.29, 0.717) is 30.1 Å². The van der Waals surface area contributed by atoms with Gasteiger partial charge in [0.2, 0.25) is 11.8 Å². The molecule has 0 aliphatic carbocycles. The number of halogens is 1. The van der Waals surface area contributed by atoms with E-state index < -0.39 is 6.04 Å². The van der Waals surface area contributed by atoms with Crippen LogP contribution < -0.4 is 15.5 Å². The minimum atomic E-state index is -0.441. The molecule has 0 saturated carbocycles. The maximum absolute atomic E-state index is 12.4. The summed E-state index contributed by atoms with van der Waals surface area (Å²) < 4.78 is 0. The van der Waals surface area contributed by atoms with Gasteiger partial charge in [-0.15, -0.1) is 0 Å². The number of nitrogens with one attached hydrogen (secondary N) is 2. The monoisotopic (exact) mass is 309 g/mol. The smallest absolute Gasteiger partial charge is 0.249 e. The summed E-state index contributed by atoms with van der Waals surface area (Å²) in [5.41, 5.74) is 0.705. The zero-order valence-electron chi connectivity index (χ0n) is 12.1. The molecule has 0 bridgehead atoms. The van der Waals surface area contributed by atoms with Crippen molar-refractivity contribution in [2.45, 2.75) is 25.3 Å². The second-order valence-corrected chi connectivity index (χ2v) is 5.46. The number of hydrogen-bond acceptors (Lipinski definition) is 3. The van der Waals surface area contributed by atoms with E-state index in [4.69, 9.17) is 11.6 Å². The molecular weight excluding hydrogens is 290 g/mol. The highest BCUT2D eigenvalue weighted by Gasteiger charge is 2.34. The largest absolute Gasteiger partial charge is 0.344 e. The first-order valence-electron chi connectivity index (χ1n) is 7.13. The zero-order chi connectivity index (χ0) is 15.2. The van der Waals surface area contributed by atoms with Gasteiger partial charge >= 0.3 is 0 Å². The van der Waals surface area contributed by atoms with E-state index in [1.165, 1.54) is 0 Å². The third kappa shape index (κ3) is 3.95. The van der Waals surface area contributed by atoms with Crippen molar-refractivity contribution in [3.05, 3.63) is 29.3 Å². The van der Waals surface area contributed by atoms with Crippen LogP contribution in [0, 0.1) is 0 Å². The van der Waals surface area contributed by atoms with Crippen molar-refractivity contribution in [1.29, 1.82) is 0 Å². The van der Waals surface area contributed by atoms with Gasteiger partial charge in [-0.1, -0.05) is 23.7 Å². The Balaban J connectivity index is 1.93.